The van der Waals surface area contributed by atoms with Gasteiger partial charge in [-0.3, -0.25) is 4.79 Å². The van der Waals surface area contributed by atoms with E-state index in [0.29, 0.717) is 5.95 Å². The van der Waals surface area contributed by atoms with Crippen LogP contribution in [0.15, 0.2) is 30.6 Å². The molecule has 9 nitrogen and oxygen atoms in total. The van der Waals surface area contributed by atoms with Crippen molar-refractivity contribution in [2.75, 3.05) is 19.4 Å². The Kier molecular flexibility index (Phi) is 4.02. The molecule has 1 aliphatic rings. The summed E-state index contributed by atoms with van der Waals surface area (Å²) in [6, 6.07) is 6.27. The van der Waals surface area contributed by atoms with E-state index in [1.165, 1.54) is 0 Å². The highest BCUT2D eigenvalue weighted by molar-refractivity contribution is 5.95. The molecule has 0 atom stereocenters. The smallest absolute Gasteiger partial charge is 0.228 e. The topological polar surface area (TPSA) is 105 Å². The lowest BCUT2D eigenvalue weighted by Gasteiger charge is -2.45. The Hall–Kier alpha value is -3.49. The molecule has 154 valence electrons. The molecule has 0 spiro atoms. The second-order valence-corrected chi connectivity index (χ2v) is 8.58. The Morgan fingerprint density at radius 2 is 2.13 bits per heavy atom. The molecule has 9 heteroatoms. The molecule has 0 unspecified atom stereocenters. The van der Waals surface area contributed by atoms with Gasteiger partial charge in [-0.05, 0) is 30.5 Å². The highest BCUT2D eigenvalue weighted by atomic mass is 16.2. The number of H-pyrrole nitrogens is 1. The van der Waals surface area contributed by atoms with E-state index in [4.69, 9.17) is 0 Å². The molecule has 1 fully saturated rings. The quantitative estimate of drug-likeness (QED) is 0.542. The van der Waals surface area contributed by atoms with E-state index in [9.17, 15) is 4.79 Å². The van der Waals surface area contributed by atoms with Gasteiger partial charge in [0, 0.05) is 50.5 Å². The van der Waals surface area contributed by atoms with Crippen molar-refractivity contribution >= 4 is 33.9 Å². The van der Waals surface area contributed by atoms with Gasteiger partial charge in [-0.1, -0.05) is 18.2 Å². The van der Waals surface area contributed by atoms with Crippen LogP contribution in [-0.2, 0) is 11.8 Å². The first kappa shape index (κ1) is 18.5. The van der Waals surface area contributed by atoms with Crippen LogP contribution >= 0.6 is 0 Å². The van der Waals surface area contributed by atoms with Crippen LogP contribution in [0.3, 0.4) is 0 Å². The van der Waals surface area contributed by atoms with Crippen molar-refractivity contribution in [1.82, 2.24) is 34.8 Å². The number of benzene rings is 1. The fraction of sp³-hybridized carbons (Fsp3) is 0.381. The Bertz CT molecular complexity index is 1260. The maximum Gasteiger partial charge on any atom is 0.228 e. The molecular weight excluding hydrogens is 380 g/mol. The first-order valence-electron chi connectivity index (χ1n) is 9.96. The van der Waals surface area contributed by atoms with Gasteiger partial charge in [-0.2, -0.15) is 4.98 Å². The SMILES string of the molecule is CN(C)C(=O)[C@]1(C)C[C@H](Nc2ncc3c(-c4ccc5nnn(C)c5c4)c[nH]c3n2)C1. The minimum absolute atomic E-state index is 0.173. The zero-order valence-corrected chi connectivity index (χ0v) is 17.5. The summed E-state index contributed by atoms with van der Waals surface area (Å²) >= 11 is 0. The third kappa shape index (κ3) is 2.89. The van der Waals surface area contributed by atoms with Gasteiger partial charge >= 0.3 is 0 Å². The molecule has 1 aliphatic carbocycles. The molecule has 3 heterocycles. The molecule has 0 bridgehead atoms. The summed E-state index contributed by atoms with van der Waals surface area (Å²) in [5, 5.41) is 12.5. The number of aryl methyl sites for hydroxylation is 1. The number of rotatable bonds is 4. The molecule has 0 aliphatic heterocycles. The van der Waals surface area contributed by atoms with Gasteiger partial charge < -0.3 is 15.2 Å². The average molecular weight is 404 g/mol. The van der Waals surface area contributed by atoms with Crippen molar-refractivity contribution in [2.24, 2.45) is 12.5 Å². The van der Waals surface area contributed by atoms with E-state index in [-0.39, 0.29) is 17.4 Å². The second kappa shape index (κ2) is 6.51. The molecule has 5 rings (SSSR count). The minimum atomic E-state index is -0.301. The number of nitrogens with one attached hydrogen (secondary N) is 2. The van der Waals surface area contributed by atoms with Crippen LogP contribution in [0.1, 0.15) is 19.8 Å². The van der Waals surface area contributed by atoms with Crippen molar-refractivity contribution < 1.29 is 4.79 Å². The first-order chi connectivity index (χ1) is 14.3. The van der Waals surface area contributed by atoms with E-state index in [1.54, 1.807) is 23.7 Å². The standard InChI is InChI=1S/C21H24N8O/c1-21(19(30)28(2)3)8-13(9-21)24-20-23-11-15-14(10-22-18(15)25-20)12-5-6-16-17(7-12)29(4)27-26-16/h5-7,10-11,13H,8-9H2,1-4H3,(H2,22,23,24,25)/t13-,21+. The zero-order chi connectivity index (χ0) is 21.0. The van der Waals surface area contributed by atoms with E-state index >= 15 is 0 Å². The number of fused-ring (bicyclic) bond motifs is 2. The maximum atomic E-state index is 12.3. The predicted molar refractivity (Wildman–Crippen MR) is 115 cm³/mol. The van der Waals surface area contributed by atoms with Crippen molar-refractivity contribution in [3.63, 3.8) is 0 Å². The molecule has 4 aromatic rings. The van der Waals surface area contributed by atoms with E-state index in [0.717, 1.165) is 46.0 Å². The summed E-state index contributed by atoms with van der Waals surface area (Å²) in [6.07, 6.45) is 5.34. The lowest BCUT2D eigenvalue weighted by molar-refractivity contribution is -0.143. The minimum Gasteiger partial charge on any atom is -0.351 e. The van der Waals surface area contributed by atoms with Gasteiger partial charge in [0.1, 0.15) is 11.2 Å². The molecule has 1 amide bonds. The largest absolute Gasteiger partial charge is 0.351 e. The lowest BCUT2D eigenvalue weighted by Crippen LogP contribution is -2.52. The summed E-state index contributed by atoms with van der Waals surface area (Å²) in [4.78, 5) is 26.4. The van der Waals surface area contributed by atoms with Gasteiger partial charge in [-0.25, -0.2) is 9.67 Å². The first-order valence-corrected chi connectivity index (χ1v) is 9.96. The maximum absolute atomic E-state index is 12.3. The molecule has 1 aromatic carbocycles. The van der Waals surface area contributed by atoms with Crippen LogP contribution in [0.5, 0.6) is 0 Å². The van der Waals surface area contributed by atoms with E-state index < -0.39 is 0 Å². The zero-order valence-electron chi connectivity index (χ0n) is 17.5. The second-order valence-electron chi connectivity index (χ2n) is 8.58. The van der Waals surface area contributed by atoms with Crippen molar-refractivity contribution in [3.05, 3.63) is 30.6 Å². The Balaban J connectivity index is 1.37. The van der Waals surface area contributed by atoms with Crippen molar-refractivity contribution in [3.8, 4) is 11.1 Å². The number of nitrogens with zero attached hydrogens (tertiary/aromatic N) is 6. The third-order valence-corrected chi connectivity index (χ3v) is 6.00. The number of anilines is 1. The molecule has 1 saturated carbocycles. The molecule has 2 N–H and O–H groups in total. The average Bonchev–Trinajstić information content (AvgIpc) is 3.29. The molecule has 0 saturated heterocycles. The van der Waals surface area contributed by atoms with Crippen LogP contribution in [0.2, 0.25) is 0 Å². The van der Waals surface area contributed by atoms with Gasteiger partial charge in [0.2, 0.25) is 11.9 Å². The van der Waals surface area contributed by atoms with Crippen LogP contribution in [0, 0.1) is 5.41 Å². The van der Waals surface area contributed by atoms with Crippen molar-refractivity contribution in [2.45, 2.75) is 25.8 Å². The number of hydrogen-bond acceptors (Lipinski definition) is 6. The fourth-order valence-corrected chi connectivity index (χ4v) is 4.44. The van der Waals surface area contributed by atoms with E-state index in [2.05, 4.69) is 36.6 Å². The number of carbonyl (C=O) groups is 1. The van der Waals surface area contributed by atoms with Crippen LogP contribution < -0.4 is 5.32 Å². The van der Waals surface area contributed by atoms with Crippen LogP contribution in [0.25, 0.3) is 33.2 Å². The molecule has 0 radical (unpaired) electrons. The number of carbonyl (C=O) groups excluding carboxylic acids is 1. The highest BCUT2D eigenvalue weighted by Gasteiger charge is 2.47. The normalized spacial score (nSPS) is 21.0. The van der Waals surface area contributed by atoms with Crippen LogP contribution in [-0.4, -0.2) is 60.9 Å². The van der Waals surface area contributed by atoms with Crippen LogP contribution in [0.4, 0.5) is 5.95 Å². The summed E-state index contributed by atoms with van der Waals surface area (Å²) in [7, 11) is 5.49. The van der Waals surface area contributed by atoms with Gasteiger partial charge in [-0.15, -0.1) is 5.10 Å². The Morgan fingerprint density at radius 3 is 2.90 bits per heavy atom. The van der Waals surface area contributed by atoms with Gasteiger partial charge in [0.15, 0.2) is 0 Å². The molecular formula is C21H24N8O. The van der Waals surface area contributed by atoms with Gasteiger partial charge in [0.05, 0.1) is 10.9 Å². The summed E-state index contributed by atoms with van der Waals surface area (Å²) in [6.45, 7) is 2.02. The monoisotopic (exact) mass is 404 g/mol. The molecule has 30 heavy (non-hydrogen) atoms. The summed E-state index contributed by atoms with van der Waals surface area (Å²) in [5.74, 6) is 0.748. The Morgan fingerprint density at radius 1 is 1.33 bits per heavy atom. The number of amides is 1. The third-order valence-electron chi connectivity index (χ3n) is 6.00. The number of aromatic amines is 1. The lowest BCUT2D eigenvalue weighted by atomic mass is 9.66. The number of aromatic nitrogens is 6. The highest BCUT2D eigenvalue weighted by Crippen LogP contribution is 2.43. The number of hydrogen-bond donors (Lipinski definition) is 2. The van der Waals surface area contributed by atoms with Gasteiger partial charge in [0.25, 0.3) is 0 Å². The van der Waals surface area contributed by atoms with Crippen molar-refractivity contribution in [1.29, 1.82) is 0 Å². The van der Waals surface area contributed by atoms with E-state index in [1.807, 2.05) is 38.5 Å². The molecule has 3 aromatic heterocycles. The fourth-order valence-electron chi connectivity index (χ4n) is 4.44. The summed E-state index contributed by atoms with van der Waals surface area (Å²) < 4.78 is 1.76. The Labute approximate surface area is 173 Å². The summed E-state index contributed by atoms with van der Waals surface area (Å²) in [5.41, 5.74) is 4.40. The predicted octanol–water partition coefficient (Wildman–Crippen LogP) is 2.58.